The maximum atomic E-state index is 13.5. The highest BCUT2D eigenvalue weighted by atomic mass is 19.4. The standard InChI is InChI=1S/C29H29F3N8O3/c30-29(31,32)23-9-19(28(41)15-42-16-28)10-24(38-23)43-21-2-7-39(8-3-21)20-11-27(12-20,4-5-33)40-14-18(13-37-40)25-22-1-6-34-26(22)36-17-35-25/h1,6,9-10,13-14,17,20-21,41H,2-4,7-8,11-12,15-16H2,(H,34,35,36)/t20-,27+. The molecular formula is C29H29F3N8O3. The first kappa shape index (κ1) is 27.8. The van der Waals surface area contributed by atoms with Crippen molar-refractivity contribution < 1.29 is 27.8 Å². The maximum absolute atomic E-state index is 13.5. The topological polar surface area (TPSA) is 138 Å². The lowest BCUT2D eigenvalue weighted by Crippen LogP contribution is -2.58. The Morgan fingerprint density at radius 2 is 1.98 bits per heavy atom. The van der Waals surface area contributed by atoms with Crippen LogP contribution in [0.15, 0.2) is 43.1 Å². The number of nitriles is 1. The largest absolute Gasteiger partial charge is 0.474 e. The molecule has 3 fully saturated rings. The van der Waals surface area contributed by atoms with Crippen molar-refractivity contribution in [1.82, 2.24) is 34.6 Å². The zero-order chi connectivity index (χ0) is 29.8. The highest BCUT2D eigenvalue weighted by molar-refractivity contribution is 5.90. The molecule has 2 N–H and O–H groups in total. The third-order valence-electron chi connectivity index (χ3n) is 8.93. The van der Waals surface area contributed by atoms with E-state index in [1.54, 1.807) is 6.20 Å². The number of pyridine rings is 1. The molecular weight excluding hydrogens is 565 g/mol. The fourth-order valence-corrected chi connectivity index (χ4v) is 6.41. The number of aromatic amines is 1. The van der Waals surface area contributed by atoms with Crippen LogP contribution in [0.5, 0.6) is 5.88 Å². The van der Waals surface area contributed by atoms with Crippen LogP contribution in [0.4, 0.5) is 13.2 Å². The Kier molecular flexibility index (Phi) is 6.64. The van der Waals surface area contributed by atoms with Gasteiger partial charge < -0.3 is 19.6 Å². The lowest BCUT2D eigenvalue weighted by atomic mass is 9.69. The van der Waals surface area contributed by atoms with E-state index < -0.39 is 23.0 Å². The number of rotatable bonds is 7. The van der Waals surface area contributed by atoms with Gasteiger partial charge in [-0.1, -0.05) is 0 Å². The predicted octanol–water partition coefficient (Wildman–Crippen LogP) is 3.77. The van der Waals surface area contributed by atoms with E-state index in [2.05, 4.69) is 36.0 Å². The first-order valence-corrected chi connectivity index (χ1v) is 14.2. The molecule has 43 heavy (non-hydrogen) atoms. The van der Waals surface area contributed by atoms with Crippen molar-refractivity contribution in [2.75, 3.05) is 26.3 Å². The summed E-state index contributed by atoms with van der Waals surface area (Å²) in [6.07, 6.45) is 5.16. The van der Waals surface area contributed by atoms with Crippen LogP contribution in [0.25, 0.3) is 22.3 Å². The molecule has 11 nitrogen and oxygen atoms in total. The number of nitrogens with zero attached hydrogens (tertiary/aromatic N) is 7. The molecule has 2 aliphatic heterocycles. The second-order valence-electron chi connectivity index (χ2n) is 11.7. The van der Waals surface area contributed by atoms with Crippen LogP contribution in [-0.2, 0) is 22.1 Å². The number of fused-ring (bicyclic) bond motifs is 1. The summed E-state index contributed by atoms with van der Waals surface area (Å²) < 4.78 is 53.4. The molecule has 7 rings (SSSR count). The van der Waals surface area contributed by atoms with Gasteiger partial charge in [0.05, 0.1) is 43.1 Å². The van der Waals surface area contributed by atoms with Crippen molar-refractivity contribution >= 4 is 11.0 Å². The van der Waals surface area contributed by atoms with Gasteiger partial charge in [0, 0.05) is 48.5 Å². The van der Waals surface area contributed by atoms with Crippen molar-refractivity contribution in [3.05, 3.63) is 54.4 Å². The van der Waals surface area contributed by atoms with Gasteiger partial charge in [-0.25, -0.2) is 15.0 Å². The normalized spacial score (nSPS) is 24.3. The Balaban J connectivity index is 1.00. The molecule has 1 saturated carbocycles. The van der Waals surface area contributed by atoms with E-state index in [9.17, 15) is 23.5 Å². The molecule has 0 radical (unpaired) electrons. The number of halogens is 3. The summed E-state index contributed by atoms with van der Waals surface area (Å²) in [6.45, 7) is 1.27. The highest BCUT2D eigenvalue weighted by Gasteiger charge is 2.49. The zero-order valence-corrected chi connectivity index (χ0v) is 23.1. The van der Waals surface area contributed by atoms with Crippen LogP contribution >= 0.6 is 0 Å². The zero-order valence-electron chi connectivity index (χ0n) is 23.1. The molecule has 6 heterocycles. The molecule has 1 aliphatic carbocycles. The second kappa shape index (κ2) is 10.3. The van der Waals surface area contributed by atoms with E-state index >= 15 is 0 Å². The van der Waals surface area contributed by atoms with Gasteiger partial charge >= 0.3 is 6.18 Å². The van der Waals surface area contributed by atoms with Crippen LogP contribution in [0, 0.1) is 11.3 Å². The third kappa shape index (κ3) is 5.01. The van der Waals surface area contributed by atoms with Crippen LogP contribution in [0.3, 0.4) is 0 Å². The van der Waals surface area contributed by atoms with E-state index in [1.807, 2.05) is 23.1 Å². The lowest BCUT2D eigenvalue weighted by Gasteiger charge is -2.52. The first-order chi connectivity index (χ1) is 20.7. The SMILES string of the molecule is N#CC[C@]1(n2cc(-c3ncnc4[nH]ccc34)cn2)C[C@@H](N2CCC(Oc3cc(C4(O)COC4)cc(C(F)(F)F)n3)CC2)C1. The van der Waals surface area contributed by atoms with Crippen LogP contribution in [-0.4, -0.2) is 78.2 Å². The summed E-state index contributed by atoms with van der Waals surface area (Å²) in [5.74, 6) is -0.143. The third-order valence-corrected chi connectivity index (χ3v) is 8.93. The van der Waals surface area contributed by atoms with Gasteiger partial charge in [-0.15, -0.1) is 0 Å². The minimum absolute atomic E-state index is 0.0713. The molecule has 14 heteroatoms. The summed E-state index contributed by atoms with van der Waals surface area (Å²) in [5.41, 5.74) is -0.512. The molecule has 0 amide bonds. The molecule has 0 spiro atoms. The van der Waals surface area contributed by atoms with Crippen molar-refractivity contribution in [3.63, 3.8) is 0 Å². The Morgan fingerprint density at radius 1 is 1.19 bits per heavy atom. The Hall–Kier alpha value is -4.06. The van der Waals surface area contributed by atoms with Gasteiger partial charge in [0.2, 0.25) is 5.88 Å². The quantitative estimate of drug-likeness (QED) is 0.328. The average molecular weight is 595 g/mol. The number of H-pyrrole nitrogens is 1. The number of alkyl halides is 3. The molecule has 0 atom stereocenters. The number of nitrogens with one attached hydrogen (secondary N) is 1. The van der Waals surface area contributed by atoms with Gasteiger partial charge in [-0.2, -0.15) is 23.5 Å². The van der Waals surface area contributed by atoms with E-state index in [-0.39, 0.29) is 36.8 Å². The molecule has 0 aromatic carbocycles. The highest BCUT2D eigenvalue weighted by Crippen LogP contribution is 2.46. The monoisotopic (exact) mass is 594 g/mol. The summed E-state index contributed by atoms with van der Waals surface area (Å²) in [5, 5.41) is 25.8. The number of aromatic nitrogens is 6. The maximum Gasteiger partial charge on any atom is 0.433 e. The number of aliphatic hydroxyl groups is 1. The summed E-state index contributed by atoms with van der Waals surface area (Å²) >= 11 is 0. The molecule has 3 aliphatic rings. The Labute approximate surface area is 244 Å². The van der Waals surface area contributed by atoms with Crippen molar-refractivity contribution in [3.8, 4) is 23.2 Å². The molecule has 224 valence electrons. The van der Waals surface area contributed by atoms with E-state index in [1.165, 1.54) is 12.4 Å². The number of piperidine rings is 1. The predicted molar refractivity (Wildman–Crippen MR) is 146 cm³/mol. The molecule has 4 aromatic heterocycles. The van der Waals surface area contributed by atoms with E-state index in [0.717, 1.165) is 41.2 Å². The average Bonchev–Trinajstić information content (AvgIpc) is 3.64. The number of ether oxygens (including phenoxy) is 2. The Morgan fingerprint density at radius 3 is 2.67 bits per heavy atom. The molecule has 0 bridgehead atoms. The minimum atomic E-state index is -4.67. The van der Waals surface area contributed by atoms with Gasteiger partial charge in [0.15, 0.2) is 0 Å². The van der Waals surface area contributed by atoms with Gasteiger partial charge in [0.25, 0.3) is 0 Å². The summed E-state index contributed by atoms with van der Waals surface area (Å²) in [7, 11) is 0. The first-order valence-electron chi connectivity index (χ1n) is 14.2. The smallest absolute Gasteiger partial charge is 0.433 e. The number of hydrogen-bond donors (Lipinski definition) is 2. The van der Waals surface area contributed by atoms with Crippen molar-refractivity contribution in [2.45, 2.75) is 61.6 Å². The van der Waals surface area contributed by atoms with E-state index in [4.69, 9.17) is 9.47 Å². The Bertz CT molecular complexity index is 1680. The number of likely N-dealkylation sites (tertiary alicyclic amines) is 1. The van der Waals surface area contributed by atoms with Gasteiger partial charge in [0.1, 0.15) is 29.4 Å². The van der Waals surface area contributed by atoms with Crippen LogP contribution < -0.4 is 4.74 Å². The van der Waals surface area contributed by atoms with Crippen molar-refractivity contribution in [2.24, 2.45) is 0 Å². The van der Waals surface area contributed by atoms with Crippen molar-refractivity contribution in [1.29, 1.82) is 5.26 Å². The van der Waals surface area contributed by atoms with E-state index in [0.29, 0.717) is 32.4 Å². The summed E-state index contributed by atoms with van der Waals surface area (Å²) in [6, 6.07) is 6.76. The minimum Gasteiger partial charge on any atom is -0.474 e. The molecule has 4 aromatic rings. The molecule has 0 unspecified atom stereocenters. The van der Waals surface area contributed by atoms with Gasteiger partial charge in [-0.05, 0) is 43.4 Å². The van der Waals surface area contributed by atoms with Crippen LogP contribution in [0.1, 0.15) is 43.4 Å². The fourth-order valence-electron chi connectivity index (χ4n) is 6.41. The fraction of sp³-hybridized carbons (Fsp3) is 0.483. The van der Waals surface area contributed by atoms with Gasteiger partial charge in [-0.3, -0.25) is 9.58 Å². The summed E-state index contributed by atoms with van der Waals surface area (Å²) in [4.78, 5) is 17.8. The number of hydrogen-bond acceptors (Lipinski definition) is 9. The second-order valence-corrected chi connectivity index (χ2v) is 11.7. The van der Waals surface area contributed by atoms with Crippen LogP contribution in [0.2, 0.25) is 0 Å². The molecule has 2 saturated heterocycles. The lowest BCUT2D eigenvalue weighted by molar-refractivity contribution is -0.185.